The van der Waals surface area contributed by atoms with E-state index in [4.69, 9.17) is 16.3 Å². The van der Waals surface area contributed by atoms with Gasteiger partial charge in [-0.2, -0.15) is 0 Å². The molecule has 0 unspecified atom stereocenters. The third kappa shape index (κ3) is 3.48. The van der Waals surface area contributed by atoms with Crippen molar-refractivity contribution in [2.24, 2.45) is 0 Å². The van der Waals surface area contributed by atoms with Crippen LogP contribution in [0.2, 0.25) is 5.02 Å². The topological polar surface area (TPSA) is 29.5 Å². The van der Waals surface area contributed by atoms with Crippen LogP contribution in [0.25, 0.3) is 0 Å². The molecule has 5 heteroatoms. The van der Waals surface area contributed by atoms with E-state index < -0.39 is 5.82 Å². The van der Waals surface area contributed by atoms with Crippen molar-refractivity contribution >= 4 is 23.2 Å². The van der Waals surface area contributed by atoms with E-state index in [1.54, 1.807) is 7.05 Å². The number of ether oxygens (including phenoxy) is 1. The first-order chi connectivity index (χ1) is 9.58. The van der Waals surface area contributed by atoms with Crippen molar-refractivity contribution in [2.45, 2.75) is 0 Å². The Morgan fingerprint density at radius 1 is 1.25 bits per heavy atom. The first-order valence-corrected chi connectivity index (χ1v) is 6.35. The van der Waals surface area contributed by atoms with Gasteiger partial charge in [0.2, 0.25) is 0 Å². The van der Waals surface area contributed by atoms with Crippen LogP contribution in [-0.4, -0.2) is 19.6 Å². The summed E-state index contributed by atoms with van der Waals surface area (Å²) in [5, 5.41) is 0.139. The zero-order valence-electron chi connectivity index (χ0n) is 10.8. The lowest BCUT2D eigenvalue weighted by Gasteiger charge is -2.17. The lowest BCUT2D eigenvalue weighted by molar-refractivity contribution is -0.120. The minimum Gasteiger partial charge on any atom is -0.482 e. The second-order valence-corrected chi connectivity index (χ2v) is 4.56. The molecular weight excluding hydrogens is 281 g/mol. The summed E-state index contributed by atoms with van der Waals surface area (Å²) in [6, 6.07) is 13.0. The number of likely N-dealkylation sites (N-methyl/N-ethyl adjacent to an activating group) is 1. The van der Waals surface area contributed by atoms with Crippen LogP contribution >= 0.6 is 11.6 Å². The molecule has 0 saturated heterocycles. The Labute approximate surface area is 121 Å². The van der Waals surface area contributed by atoms with Crippen molar-refractivity contribution in [3.05, 3.63) is 59.4 Å². The largest absolute Gasteiger partial charge is 0.482 e. The predicted molar refractivity (Wildman–Crippen MR) is 76.8 cm³/mol. The van der Waals surface area contributed by atoms with E-state index >= 15 is 0 Å². The lowest BCUT2D eigenvalue weighted by Crippen LogP contribution is -2.31. The number of amides is 1. The third-order valence-electron chi connectivity index (χ3n) is 2.76. The van der Waals surface area contributed by atoms with E-state index in [9.17, 15) is 9.18 Å². The quantitative estimate of drug-likeness (QED) is 0.863. The maximum Gasteiger partial charge on any atom is 0.264 e. The molecule has 2 rings (SSSR count). The molecule has 2 aromatic carbocycles. The highest BCUT2D eigenvalue weighted by atomic mass is 35.5. The average molecular weight is 294 g/mol. The van der Waals surface area contributed by atoms with E-state index in [1.165, 1.54) is 17.0 Å². The normalized spacial score (nSPS) is 10.2. The third-order valence-corrected chi connectivity index (χ3v) is 3.06. The second kappa shape index (κ2) is 6.39. The minimum atomic E-state index is -0.449. The highest BCUT2D eigenvalue weighted by molar-refractivity contribution is 6.32. The molecule has 0 spiro atoms. The van der Waals surface area contributed by atoms with Crippen LogP contribution in [0.1, 0.15) is 0 Å². The van der Waals surface area contributed by atoms with Gasteiger partial charge in [0.1, 0.15) is 11.6 Å². The fraction of sp³-hybridized carbons (Fsp3) is 0.133. The van der Waals surface area contributed by atoms with Crippen molar-refractivity contribution in [1.29, 1.82) is 0 Å². The molecule has 0 aliphatic heterocycles. The molecule has 0 aromatic heterocycles. The lowest BCUT2D eigenvalue weighted by atomic mass is 10.3. The highest BCUT2D eigenvalue weighted by Crippen LogP contribution is 2.24. The molecule has 2 aromatic rings. The van der Waals surface area contributed by atoms with Gasteiger partial charge in [0.15, 0.2) is 6.61 Å². The van der Waals surface area contributed by atoms with E-state index in [0.29, 0.717) is 0 Å². The summed E-state index contributed by atoms with van der Waals surface area (Å²) < 4.78 is 18.2. The van der Waals surface area contributed by atoms with Crippen molar-refractivity contribution in [3.8, 4) is 5.75 Å². The van der Waals surface area contributed by atoms with Crippen LogP contribution in [0.3, 0.4) is 0 Å². The van der Waals surface area contributed by atoms with Crippen molar-refractivity contribution < 1.29 is 13.9 Å². The molecule has 0 saturated carbocycles. The Kier molecular flexibility index (Phi) is 4.58. The Morgan fingerprint density at radius 3 is 2.60 bits per heavy atom. The van der Waals surface area contributed by atoms with Gasteiger partial charge in [-0.1, -0.05) is 29.8 Å². The number of rotatable bonds is 4. The first kappa shape index (κ1) is 14.3. The fourth-order valence-corrected chi connectivity index (χ4v) is 1.85. The van der Waals surface area contributed by atoms with Gasteiger partial charge in [0.05, 0.1) is 5.02 Å². The SMILES string of the molecule is CN(C(=O)COc1ccc(F)cc1Cl)c1ccccc1. The minimum absolute atomic E-state index is 0.139. The number of hydrogen-bond donors (Lipinski definition) is 0. The smallest absolute Gasteiger partial charge is 0.264 e. The molecule has 0 radical (unpaired) electrons. The number of para-hydroxylation sites is 1. The highest BCUT2D eigenvalue weighted by Gasteiger charge is 2.12. The van der Waals surface area contributed by atoms with Gasteiger partial charge in [0, 0.05) is 12.7 Å². The van der Waals surface area contributed by atoms with Gasteiger partial charge < -0.3 is 9.64 Å². The first-order valence-electron chi connectivity index (χ1n) is 5.97. The van der Waals surface area contributed by atoms with Crippen molar-refractivity contribution in [3.63, 3.8) is 0 Å². The van der Waals surface area contributed by atoms with Gasteiger partial charge in [-0.05, 0) is 30.3 Å². The number of anilines is 1. The number of nitrogens with zero attached hydrogens (tertiary/aromatic N) is 1. The standard InChI is InChI=1S/C15H13ClFNO2/c1-18(12-5-3-2-4-6-12)15(19)10-20-14-8-7-11(17)9-13(14)16/h2-9H,10H2,1H3. The maximum absolute atomic E-state index is 12.9. The van der Waals surface area contributed by atoms with Gasteiger partial charge >= 0.3 is 0 Å². The van der Waals surface area contributed by atoms with E-state index in [2.05, 4.69) is 0 Å². The Morgan fingerprint density at radius 2 is 1.95 bits per heavy atom. The average Bonchev–Trinajstić information content (AvgIpc) is 2.46. The predicted octanol–water partition coefficient (Wildman–Crippen LogP) is 3.52. The van der Waals surface area contributed by atoms with Crippen LogP contribution in [0.15, 0.2) is 48.5 Å². The van der Waals surface area contributed by atoms with Gasteiger partial charge in [-0.25, -0.2) is 4.39 Å². The summed E-state index contributed by atoms with van der Waals surface area (Å²) in [7, 11) is 1.66. The van der Waals surface area contributed by atoms with Crippen LogP contribution in [0, 0.1) is 5.82 Å². The number of halogens is 2. The van der Waals surface area contributed by atoms with Crippen LogP contribution in [-0.2, 0) is 4.79 Å². The number of carbonyl (C=O) groups excluding carboxylic acids is 1. The molecule has 0 fully saturated rings. The van der Waals surface area contributed by atoms with Crippen molar-refractivity contribution in [2.75, 3.05) is 18.6 Å². The maximum atomic E-state index is 12.9. The molecule has 20 heavy (non-hydrogen) atoms. The molecule has 0 bridgehead atoms. The molecular formula is C15H13ClFNO2. The number of carbonyl (C=O) groups is 1. The summed E-state index contributed by atoms with van der Waals surface area (Å²) in [5.41, 5.74) is 0.770. The van der Waals surface area contributed by atoms with Crippen LogP contribution in [0.5, 0.6) is 5.75 Å². The van der Waals surface area contributed by atoms with Gasteiger partial charge in [-0.3, -0.25) is 4.79 Å². The number of benzene rings is 2. The zero-order chi connectivity index (χ0) is 14.5. The zero-order valence-corrected chi connectivity index (χ0v) is 11.6. The molecule has 0 aliphatic carbocycles. The molecule has 0 heterocycles. The van der Waals surface area contributed by atoms with Gasteiger partial charge in [0.25, 0.3) is 5.91 Å². The molecule has 1 amide bonds. The molecule has 0 aliphatic rings. The molecule has 104 valence electrons. The van der Waals surface area contributed by atoms with Crippen molar-refractivity contribution in [1.82, 2.24) is 0 Å². The summed E-state index contributed by atoms with van der Waals surface area (Å²) in [6.45, 7) is -0.170. The molecule has 0 N–H and O–H groups in total. The Hall–Kier alpha value is -2.07. The Bertz CT molecular complexity index is 604. The van der Waals surface area contributed by atoms with E-state index in [-0.39, 0.29) is 23.3 Å². The number of hydrogen-bond acceptors (Lipinski definition) is 2. The summed E-state index contributed by atoms with van der Waals surface area (Å²) >= 11 is 5.82. The Balaban J connectivity index is 1.98. The summed E-state index contributed by atoms with van der Waals surface area (Å²) in [5.74, 6) is -0.394. The van der Waals surface area contributed by atoms with E-state index in [1.807, 2.05) is 30.3 Å². The monoisotopic (exact) mass is 293 g/mol. The summed E-state index contributed by atoms with van der Waals surface area (Å²) in [6.07, 6.45) is 0. The van der Waals surface area contributed by atoms with Crippen LogP contribution < -0.4 is 9.64 Å². The second-order valence-electron chi connectivity index (χ2n) is 4.15. The van der Waals surface area contributed by atoms with Crippen LogP contribution in [0.4, 0.5) is 10.1 Å². The fourth-order valence-electron chi connectivity index (χ4n) is 1.62. The van der Waals surface area contributed by atoms with Gasteiger partial charge in [-0.15, -0.1) is 0 Å². The van der Waals surface area contributed by atoms with E-state index in [0.717, 1.165) is 11.8 Å². The molecule has 3 nitrogen and oxygen atoms in total. The summed E-state index contributed by atoms with van der Waals surface area (Å²) in [4.78, 5) is 13.5. The molecule has 0 atom stereocenters.